The lowest BCUT2D eigenvalue weighted by molar-refractivity contribution is 0.0118. The minimum absolute atomic E-state index is 0.338. The van der Waals surface area contributed by atoms with Gasteiger partial charge in [0.05, 0.1) is 16.9 Å². The Morgan fingerprint density at radius 2 is 1.77 bits per heavy atom. The van der Waals surface area contributed by atoms with Crippen molar-refractivity contribution in [3.8, 4) is 6.07 Å². The van der Waals surface area contributed by atoms with Gasteiger partial charge in [-0.2, -0.15) is 5.26 Å². The molecule has 1 saturated heterocycles. The summed E-state index contributed by atoms with van der Waals surface area (Å²) in [5.41, 5.74) is 1.17. The van der Waals surface area contributed by atoms with Crippen molar-refractivity contribution in [2.45, 2.75) is 18.4 Å². The number of nitrogens with zero attached hydrogens (tertiary/aromatic N) is 2. The second kappa shape index (κ2) is 5.78. The summed E-state index contributed by atoms with van der Waals surface area (Å²) in [5, 5.41) is 20.0. The molecule has 1 N–H and O–H groups in total. The smallest absolute Gasteiger partial charge is 0.124 e. The molecule has 0 spiro atoms. The maximum Gasteiger partial charge on any atom is 0.124 e. The molecule has 3 rings (SSSR count). The van der Waals surface area contributed by atoms with Crippen molar-refractivity contribution in [1.29, 1.82) is 5.26 Å². The Bertz CT molecular complexity index is 701. The molecule has 1 aliphatic rings. The van der Waals surface area contributed by atoms with Crippen molar-refractivity contribution in [3.05, 3.63) is 65.5 Å². The molecular formula is C18H17FN2O. The van der Waals surface area contributed by atoms with Gasteiger partial charge in [0.2, 0.25) is 0 Å². The van der Waals surface area contributed by atoms with Crippen LogP contribution in [0.25, 0.3) is 0 Å². The number of hydrogen-bond donors (Lipinski definition) is 1. The largest absolute Gasteiger partial charge is 0.385 e. The number of aliphatic hydroxyl groups is 1. The first-order valence-electron chi connectivity index (χ1n) is 7.35. The Labute approximate surface area is 129 Å². The van der Waals surface area contributed by atoms with Crippen LogP contribution in [0.5, 0.6) is 0 Å². The average Bonchev–Trinajstić information content (AvgIpc) is 2.56. The fourth-order valence-corrected chi connectivity index (χ4v) is 3.03. The number of piperidine rings is 1. The molecule has 0 unspecified atom stereocenters. The van der Waals surface area contributed by atoms with Gasteiger partial charge in [-0.05, 0) is 36.6 Å². The van der Waals surface area contributed by atoms with Crippen LogP contribution >= 0.6 is 0 Å². The van der Waals surface area contributed by atoms with Gasteiger partial charge in [0.15, 0.2) is 0 Å². The maximum atomic E-state index is 13.2. The van der Waals surface area contributed by atoms with E-state index in [4.69, 9.17) is 5.26 Å². The SMILES string of the molecule is N#Cc1cc(F)ccc1N1CCC(O)(c2ccccc2)CC1. The third-order valence-electron chi connectivity index (χ3n) is 4.32. The van der Waals surface area contributed by atoms with Crippen LogP contribution in [-0.2, 0) is 5.60 Å². The molecule has 0 aliphatic carbocycles. The molecule has 1 aliphatic heterocycles. The normalized spacial score (nSPS) is 17.0. The second-order valence-electron chi connectivity index (χ2n) is 5.66. The molecule has 0 aromatic heterocycles. The highest BCUT2D eigenvalue weighted by Crippen LogP contribution is 2.35. The van der Waals surface area contributed by atoms with Gasteiger partial charge < -0.3 is 10.0 Å². The molecule has 1 heterocycles. The number of rotatable bonds is 2. The van der Waals surface area contributed by atoms with Crippen molar-refractivity contribution >= 4 is 5.69 Å². The first-order valence-corrected chi connectivity index (χ1v) is 7.35. The van der Waals surface area contributed by atoms with E-state index in [1.165, 1.54) is 12.1 Å². The zero-order valence-electron chi connectivity index (χ0n) is 12.2. The van der Waals surface area contributed by atoms with Crippen molar-refractivity contribution in [1.82, 2.24) is 0 Å². The second-order valence-corrected chi connectivity index (χ2v) is 5.66. The zero-order valence-corrected chi connectivity index (χ0v) is 12.2. The topological polar surface area (TPSA) is 47.3 Å². The summed E-state index contributed by atoms with van der Waals surface area (Å²) in [4.78, 5) is 2.04. The van der Waals surface area contributed by atoms with E-state index in [1.54, 1.807) is 6.07 Å². The predicted octanol–water partition coefficient (Wildman–Crippen LogP) is 3.19. The quantitative estimate of drug-likeness (QED) is 0.926. The van der Waals surface area contributed by atoms with Crippen LogP contribution in [0.2, 0.25) is 0 Å². The molecule has 1 fully saturated rings. The Hall–Kier alpha value is -2.38. The third-order valence-corrected chi connectivity index (χ3v) is 4.32. The molecule has 0 radical (unpaired) electrons. The van der Waals surface area contributed by atoms with Gasteiger partial charge in [0.1, 0.15) is 11.9 Å². The van der Waals surface area contributed by atoms with E-state index in [9.17, 15) is 9.50 Å². The first kappa shape index (κ1) is 14.6. The summed E-state index contributed by atoms with van der Waals surface area (Å²) >= 11 is 0. The molecular weight excluding hydrogens is 279 g/mol. The van der Waals surface area contributed by atoms with Crippen LogP contribution in [0.4, 0.5) is 10.1 Å². The van der Waals surface area contributed by atoms with Crippen LogP contribution < -0.4 is 4.90 Å². The minimum atomic E-state index is -0.829. The molecule has 4 heteroatoms. The van der Waals surface area contributed by atoms with Crippen molar-refractivity contribution in [2.24, 2.45) is 0 Å². The number of halogens is 1. The number of hydrogen-bond acceptors (Lipinski definition) is 3. The van der Waals surface area contributed by atoms with Gasteiger partial charge in [-0.15, -0.1) is 0 Å². The molecule has 0 saturated carbocycles. The number of anilines is 1. The maximum absolute atomic E-state index is 13.2. The Morgan fingerprint density at radius 1 is 1.09 bits per heavy atom. The summed E-state index contributed by atoms with van der Waals surface area (Å²) in [6, 6.07) is 16.0. The summed E-state index contributed by atoms with van der Waals surface area (Å²) < 4.78 is 13.2. The summed E-state index contributed by atoms with van der Waals surface area (Å²) in [7, 11) is 0. The minimum Gasteiger partial charge on any atom is -0.385 e. The fraction of sp³-hybridized carbons (Fsp3) is 0.278. The highest BCUT2D eigenvalue weighted by atomic mass is 19.1. The molecule has 3 nitrogen and oxygen atoms in total. The molecule has 0 atom stereocenters. The van der Waals surface area contributed by atoms with E-state index in [1.807, 2.05) is 41.3 Å². The van der Waals surface area contributed by atoms with E-state index in [-0.39, 0.29) is 0 Å². The van der Waals surface area contributed by atoms with Gasteiger partial charge in [0.25, 0.3) is 0 Å². The number of nitriles is 1. The summed E-state index contributed by atoms with van der Waals surface area (Å²) in [5.74, 6) is -0.405. The fourth-order valence-electron chi connectivity index (χ4n) is 3.03. The van der Waals surface area contributed by atoms with Crippen LogP contribution in [0.15, 0.2) is 48.5 Å². The predicted molar refractivity (Wildman–Crippen MR) is 82.9 cm³/mol. The standard InChI is InChI=1S/C18H17FN2O/c19-16-6-7-17(14(12-16)13-20)21-10-8-18(22,9-11-21)15-4-2-1-3-5-15/h1-7,12,22H,8-11H2. The van der Waals surface area contributed by atoms with E-state index in [2.05, 4.69) is 0 Å². The van der Waals surface area contributed by atoms with Crippen molar-refractivity contribution < 1.29 is 9.50 Å². The van der Waals surface area contributed by atoms with Crippen LogP contribution in [-0.4, -0.2) is 18.2 Å². The van der Waals surface area contributed by atoms with Gasteiger partial charge >= 0.3 is 0 Å². The lowest BCUT2D eigenvalue weighted by Crippen LogP contribution is -2.42. The highest BCUT2D eigenvalue weighted by Gasteiger charge is 2.34. The van der Waals surface area contributed by atoms with Gasteiger partial charge in [-0.3, -0.25) is 0 Å². The summed E-state index contributed by atoms with van der Waals surface area (Å²) in [6.07, 6.45) is 1.17. The summed E-state index contributed by atoms with van der Waals surface area (Å²) in [6.45, 7) is 1.26. The van der Waals surface area contributed by atoms with Crippen LogP contribution in [0.1, 0.15) is 24.0 Å². The Kier molecular flexibility index (Phi) is 3.82. The van der Waals surface area contributed by atoms with Gasteiger partial charge in [-0.1, -0.05) is 30.3 Å². The zero-order chi connectivity index (χ0) is 15.6. The molecule has 22 heavy (non-hydrogen) atoms. The highest BCUT2D eigenvalue weighted by molar-refractivity contribution is 5.59. The van der Waals surface area contributed by atoms with Crippen molar-refractivity contribution in [2.75, 3.05) is 18.0 Å². The Morgan fingerprint density at radius 3 is 2.41 bits per heavy atom. The van der Waals surface area contributed by atoms with Crippen molar-refractivity contribution in [3.63, 3.8) is 0 Å². The first-order chi connectivity index (χ1) is 10.6. The van der Waals surface area contributed by atoms with E-state index < -0.39 is 11.4 Å². The third kappa shape index (κ3) is 2.68. The van der Waals surface area contributed by atoms with E-state index >= 15 is 0 Å². The monoisotopic (exact) mass is 296 g/mol. The lowest BCUT2D eigenvalue weighted by Gasteiger charge is -2.39. The molecule has 0 bridgehead atoms. The molecule has 2 aromatic rings. The van der Waals surface area contributed by atoms with Gasteiger partial charge in [-0.25, -0.2) is 4.39 Å². The van der Waals surface area contributed by atoms with Gasteiger partial charge in [0, 0.05) is 13.1 Å². The lowest BCUT2D eigenvalue weighted by atomic mass is 9.84. The molecule has 0 amide bonds. The van der Waals surface area contributed by atoms with E-state index in [0.29, 0.717) is 31.5 Å². The Balaban J connectivity index is 1.79. The molecule has 112 valence electrons. The average molecular weight is 296 g/mol. The van der Waals surface area contributed by atoms with E-state index in [0.717, 1.165) is 11.3 Å². The van der Waals surface area contributed by atoms with Crippen LogP contribution in [0, 0.1) is 17.1 Å². The van der Waals surface area contributed by atoms with Crippen LogP contribution in [0.3, 0.4) is 0 Å². The molecule has 2 aromatic carbocycles. The number of benzene rings is 2.